The van der Waals surface area contributed by atoms with Crippen LogP contribution >= 0.6 is 11.3 Å². The Labute approximate surface area is 299 Å². The van der Waals surface area contributed by atoms with Crippen LogP contribution in [0.25, 0.3) is 0 Å². The molecule has 0 unspecified atom stereocenters. The molecule has 0 aliphatic rings. The Balaban J connectivity index is 0.000000283. The summed E-state index contributed by atoms with van der Waals surface area (Å²) in [6, 6.07) is 21.3. The molecule has 11 nitrogen and oxygen atoms in total. The Kier molecular flexibility index (Phi) is 15.7. The molecular weight excluding hydrogens is 745 g/mol. The van der Waals surface area contributed by atoms with Crippen molar-refractivity contribution in [3.8, 4) is 11.5 Å². The van der Waals surface area contributed by atoms with Gasteiger partial charge in [0, 0.05) is 17.2 Å². The number of alkyl halides is 5. The Morgan fingerprint density at radius 3 is 1.94 bits per heavy atom. The Hall–Kier alpha value is -6.24. The molecule has 3 aromatic carbocycles. The van der Waals surface area contributed by atoms with Crippen molar-refractivity contribution < 1.29 is 74.7 Å². The third-order valence-corrected chi connectivity index (χ3v) is 7.15. The molecule has 1 amide bonds. The van der Waals surface area contributed by atoms with Crippen molar-refractivity contribution in [2.75, 3.05) is 26.2 Å². The molecule has 0 saturated carbocycles. The van der Waals surface area contributed by atoms with E-state index in [1.165, 1.54) is 26.4 Å². The number of halogens is 7. The van der Waals surface area contributed by atoms with Crippen LogP contribution in [0.5, 0.6) is 11.5 Å². The van der Waals surface area contributed by atoms with Crippen LogP contribution in [-0.2, 0) is 4.79 Å². The quantitative estimate of drug-likeness (QED) is 0.0628. The number of hydrogen-bond donors (Lipinski definition) is 4. The molecule has 0 aliphatic carbocycles. The predicted molar refractivity (Wildman–Crippen MR) is 179 cm³/mol. The van der Waals surface area contributed by atoms with Gasteiger partial charge >= 0.3 is 29.8 Å². The minimum absolute atomic E-state index is 0.0625. The molecule has 282 valence electrons. The third-order valence-electron chi connectivity index (χ3n) is 6.34. The summed E-state index contributed by atoms with van der Waals surface area (Å²) in [5.74, 6) is -22.4. The van der Waals surface area contributed by atoms with E-state index in [0.29, 0.717) is 17.2 Å². The molecule has 53 heavy (non-hydrogen) atoms. The number of rotatable bonds is 12. The van der Waals surface area contributed by atoms with Gasteiger partial charge in [0.1, 0.15) is 11.5 Å². The van der Waals surface area contributed by atoms with Gasteiger partial charge in [0.05, 0.1) is 42.3 Å². The van der Waals surface area contributed by atoms with E-state index < -0.39 is 54.0 Å². The zero-order valence-corrected chi connectivity index (χ0v) is 28.0. The molecule has 4 N–H and O–H groups in total. The molecular formula is C34H27F7N2O9S. The van der Waals surface area contributed by atoms with Crippen molar-refractivity contribution in [3.05, 3.63) is 117 Å². The number of nitrogens with one attached hydrogen (secondary N) is 1. The van der Waals surface area contributed by atoms with E-state index in [1.807, 2.05) is 17.5 Å². The maximum Gasteiger partial charge on any atom is 0.367 e. The highest BCUT2D eigenvalue weighted by Crippen LogP contribution is 2.42. The lowest BCUT2D eigenvalue weighted by Gasteiger charge is -2.22. The van der Waals surface area contributed by atoms with Gasteiger partial charge in [-0.25, -0.2) is 23.2 Å². The highest BCUT2D eigenvalue weighted by atomic mass is 32.1. The van der Waals surface area contributed by atoms with E-state index in [1.54, 1.807) is 72.1 Å². The highest BCUT2D eigenvalue weighted by Gasteiger charge is 2.61. The van der Waals surface area contributed by atoms with Crippen molar-refractivity contribution in [2.45, 2.75) is 11.8 Å². The zero-order chi connectivity index (χ0) is 39.9. The molecule has 1 aromatic heterocycles. The van der Waals surface area contributed by atoms with Crippen LogP contribution in [0, 0.1) is 0 Å². The fraction of sp³-hybridized carbons (Fsp3) is 0.147. The highest BCUT2D eigenvalue weighted by molar-refractivity contribution is 7.11. The molecule has 4 aromatic rings. The first-order valence-electron chi connectivity index (χ1n) is 14.3. The number of anilines is 1. The summed E-state index contributed by atoms with van der Waals surface area (Å²) in [6.45, 7) is -2.96. The number of nitrogens with zero attached hydrogens (tertiary/aromatic N) is 1. The average molecular weight is 773 g/mol. The number of allylic oxidation sites excluding steroid dienone is 1. The van der Waals surface area contributed by atoms with Crippen molar-refractivity contribution in [1.29, 1.82) is 0 Å². The second-order valence-electron chi connectivity index (χ2n) is 9.84. The second kappa shape index (κ2) is 19.4. The van der Waals surface area contributed by atoms with Crippen LogP contribution in [-0.4, -0.2) is 78.1 Å². The van der Waals surface area contributed by atoms with Crippen molar-refractivity contribution in [3.63, 3.8) is 0 Å². The summed E-state index contributed by atoms with van der Waals surface area (Å²) in [4.78, 5) is 49.1. The van der Waals surface area contributed by atoms with Gasteiger partial charge in [0.25, 0.3) is 5.91 Å². The number of aliphatic imine (C=N–C) groups is 1. The summed E-state index contributed by atoms with van der Waals surface area (Å²) < 4.78 is 94.6. The number of carboxylic acid groups (broad SMARTS) is 3. The standard InChI is InChI=1S/C16H15NO5.C12H9NO2S.C6H3F7O2/c1-21-10-7-8-13(14(9-10)22-2)17-15(18)11-5-3-4-6-12(11)16(19)20;14-12(15)9-3-5-10(6-4-9)13-8-11-2-1-7-16-11;7-1-5(10,11)6(12,13)3(9)2(8)4(14)15/h3-9H,1-2H3,(H,17,18)(H,19,20);1-8H,(H,14,15);1H2,(H,14,15). The molecule has 0 spiro atoms. The molecule has 1 heterocycles. The lowest BCUT2D eigenvalue weighted by atomic mass is 10.1. The number of carboxylic acids is 3. The summed E-state index contributed by atoms with van der Waals surface area (Å²) in [5, 5.41) is 30.2. The third kappa shape index (κ3) is 11.9. The summed E-state index contributed by atoms with van der Waals surface area (Å²) in [5.41, 5.74) is 1.46. The summed E-state index contributed by atoms with van der Waals surface area (Å²) in [7, 11) is 2.99. The molecule has 4 rings (SSSR count). The SMILES string of the molecule is COc1ccc(NC(=O)c2ccccc2C(=O)O)c(OC)c1.O=C(O)C(F)=C(F)C(F)(F)C(F)(F)CF.O=C(O)c1ccc(N=Cc2cccs2)cc1. The van der Waals surface area contributed by atoms with Gasteiger partial charge in [0.15, 0.2) is 6.67 Å². The maximum absolute atomic E-state index is 12.3. The Bertz CT molecular complexity index is 1950. The van der Waals surface area contributed by atoms with Crippen LogP contribution < -0.4 is 14.8 Å². The number of ether oxygens (including phenoxy) is 2. The summed E-state index contributed by atoms with van der Waals surface area (Å²) >= 11 is 1.61. The van der Waals surface area contributed by atoms with Gasteiger partial charge in [-0.3, -0.25) is 9.79 Å². The fourth-order valence-electron chi connectivity index (χ4n) is 3.63. The maximum atomic E-state index is 12.3. The minimum atomic E-state index is -5.84. The lowest BCUT2D eigenvalue weighted by molar-refractivity contribution is -0.203. The first kappa shape index (κ1) is 42.9. The van der Waals surface area contributed by atoms with Gasteiger partial charge in [-0.15, -0.1) is 11.3 Å². The fourth-order valence-corrected chi connectivity index (χ4v) is 4.21. The number of carbonyl (C=O) groups is 4. The molecule has 0 saturated heterocycles. The van der Waals surface area contributed by atoms with Crippen LogP contribution in [0.4, 0.5) is 42.1 Å². The zero-order valence-electron chi connectivity index (χ0n) is 27.2. The molecule has 0 atom stereocenters. The number of hydrogen-bond acceptors (Lipinski definition) is 8. The van der Waals surface area contributed by atoms with Crippen LogP contribution in [0.2, 0.25) is 0 Å². The van der Waals surface area contributed by atoms with Crippen LogP contribution in [0.15, 0.2) is 101 Å². The number of methoxy groups -OCH3 is 2. The smallest absolute Gasteiger partial charge is 0.367 e. The molecule has 0 bridgehead atoms. The topological polar surface area (TPSA) is 172 Å². The Morgan fingerprint density at radius 2 is 1.45 bits per heavy atom. The number of aliphatic carboxylic acids is 1. The van der Waals surface area contributed by atoms with Crippen molar-refractivity contribution >= 4 is 52.7 Å². The molecule has 19 heteroatoms. The first-order chi connectivity index (χ1) is 24.9. The second-order valence-corrected chi connectivity index (χ2v) is 10.8. The van der Waals surface area contributed by atoms with Gasteiger partial charge in [-0.2, -0.15) is 22.0 Å². The van der Waals surface area contributed by atoms with E-state index in [-0.39, 0.29) is 16.7 Å². The van der Waals surface area contributed by atoms with E-state index in [9.17, 15) is 49.9 Å². The Morgan fingerprint density at radius 1 is 0.830 bits per heavy atom. The monoisotopic (exact) mass is 772 g/mol. The van der Waals surface area contributed by atoms with Crippen LogP contribution in [0.3, 0.4) is 0 Å². The number of benzene rings is 3. The molecule has 0 fully saturated rings. The molecule has 0 radical (unpaired) electrons. The predicted octanol–water partition coefficient (Wildman–Crippen LogP) is 8.31. The van der Waals surface area contributed by atoms with E-state index in [0.717, 1.165) is 10.6 Å². The largest absolute Gasteiger partial charge is 0.497 e. The number of amides is 1. The van der Waals surface area contributed by atoms with E-state index in [2.05, 4.69) is 10.3 Å². The number of carbonyl (C=O) groups excluding carboxylic acids is 1. The average Bonchev–Trinajstić information content (AvgIpc) is 3.68. The van der Waals surface area contributed by atoms with Crippen molar-refractivity contribution in [2.24, 2.45) is 4.99 Å². The van der Waals surface area contributed by atoms with Gasteiger partial charge in [-0.05, 0) is 60.0 Å². The van der Waals surface area contributed by atoms with Gasteiger partial charge in [-0.1, -0.05) is 18.2 Å². The van der Waals surface area contributed by atoms with Crippen LogP contribution in [0.1, 0.15) is 36.0 Å². The first-order valence-corrected chi connectivity index (χ1v) is 15.1. The van der Waals surface area contributed by atoms with Gasteiger partial charge in [0.2, 0.25) is 11.7 Å². The minimum Gasteiger partial charge on any atom is -0.497 e. The van der Waals surface area contributed by atoms with E-state index in [4.69, 9.17) is 24.8 Å². The van der Waals surface area contributed by atoms with Gasteiger partial charge < -0.3 is 30.1 Å². The normalized spacial score (nSPS) is 11.6. The molecule has 0 aliphatic heterocycles. The van der Waals surface area contributed by atoms with Crippen molar-refractivity contribution in [1.82, 2.24) is 0 Å². The summed E-state index contributed by atoms with van der Waals surface area (Å²) in [6.07, 6.45) is 1.76. The number of aromatic carboxylic acids is 2. The van der Waals surface area contributed by atoms with E-state index >= 15 is 0 Å². The number of thiophene rings is 1. The lowest BCUT2D eigenvalue weighted by Crippen LogP contribution is -2.43.